The molecule has 0 aromatic carbocycles. The fourth-order valence-corrected chi connectivity index (χ4v) is 1.05. The van der Waals surface area contributed by atoms with Gasteiger partial charge in [0.05, 0.1) is 13.6 Å². The number of nitrogens with zero attached hydrogens (tertiary/aromatic N) is 2. The minimum atomic E-state index is -1.48. The predicted molar refractivity (Wildman–Crippen MR) is 59.1 cm³/mol. The summed E-state index contributed by atoms with van der Waals surface area (Å²) in [4.78, 5) is 9.59. The molecule has 0 saturated carbocycles. The molecule has 0 atom stereocenters. The molecule has 0 N–H and O–H groups in total. The molecule has 1 rings (SSSR count). The monoisotopic (exact) mass is 244 g/mol. The van der Waals surface area contributed by atoms with E-state index in [4.69, 9.17) is 0 Å². The molecule has 0 aliphatic heterocycles. The lowest BCUT2D eigenvalue weighted by Crippen LogP contribution is -2.24. The number of methoxy groups -OCH3 is 1. The van der Waals surface area contributed by atoms with E-state index >= 15 is 0 Å². The second-order valence-electron chi connectivity index (χ2n) is 3.35. The standard InChI is InChI=1S/C6H11N2.C5H10O4/c1-3-8-5-4-7(2)6-8;1-8-3-2-4-9-5(6)7/h4-6H,3H2,1-2H3;2-4H2,1H3,(H,6,7)/q+1;/p-1. The van der Waals surface area contributed by atoms with E-state index in [-0.39, 0.29) is 6.61 Å². The van der Waals surface area contributed by atoms with Crippen LogP contribution in [0.2, 0.25) is 0 Å². The average Bonchev–Trinajstić information content (AvgIpc) is 2.71. The van der Waals surface area contributed by atoms with Gasteiger partial charge in [-0.15, -0.1) is 0 Å². The maximum absolute atomic E-state index is 9.59. The first-order valence-electron chi connectivity index (χ1n) is 5.43. The second kappa shape index (κ2) is 9.65. The largest absolute Gasteiger partial charge is 0.550 e. The van der Waals surface area contributed by atoms with Crippen molar-refractivity contribution in [3.63, 3.8) is 0 Å². The Morgan fingerprint density at radius 1 is 1.47 bits per heavy atom. The molecular formula is C11H20N2O4. The van der Waals surface area contributed by atoms with Crippen LogP contribution in [0.3, 0.4) is 0 Å². The fourth-order valence-electron chi connectivity index (χ4n) is 1.05. The molecule has 1 aromatic heterocycles. The maximum Gasteiger partial charge on any atom is 0.251 e. The number of aromatic nitrogens is 2. The van der Waals surface area contributed by atoms with Gasteiger partial charge in [-0.1, -0.05) is 0 Å². The highest BCUT2D eigenvalue weighted by molar-refractivity contribution is 5.53. The smallest absolute Gasteiger partial charge is 0.251 e. The lowest BCUT2D eigenvalue weighted by molar-refractivity contribution is -0.671. The summed E-state index contributed by atoms with van der Waals surface area (Å²) in [5, 5.41) is 9.59. The van der Waals surface area contributed by atoms with Crippen LogP contribution in [0, 0.1) is 0 Å². The van der Waals surface area contributed by atoms with E-state index < -0.39 is 6.16 Å². The molecule has 0 aliphatic rings. The van der Waals surface area contributed by atoms with Crippen LogP contribution in [0.5, 0.6) is 0 Å². The number of carbonyl (C=O) groups excluding carboxylic acids is 1. The van der Waals surface area contributed by atoms with E-state index in [0.717, 1.165) is 6.54 Å². The van der Waals surface area contributed by atoms with Crippen molar-refractivity contribution >= 4 is 6.16 Å². The van der Waals surface area contributed by atoms with Gasteiger partial charge in [0.15, 0.2) is 0 Å². The zero-order valence-electron chi connectivity index (χ0n) is 10.6. The Labute approximate surface area is 101 Å². The van der Waals surface area contributed by atoms with Gasteiger partial charge in [-0.3, -0.25) is 0 Å². The lowest BCUT2D eigenvalue weighted by atomic mass is 10.5. The van der Waals surface area contributed by atoms with Gasteiger partial charge in [0.1, 0.15) is 12.4 Å². The molecule has 0 fully saturated rings. The van der Waals surface area contributed by atoms with E-state index in [1.807, 2.05) is 17.8 Å². The molecule has 0 unspecified atom stereocenters. The third-order valence-electron chi connectivity index (χ3n) is 1.90. The third-order valence-corrected chi connectivity index (χ3v) is 1.90. The first-order valence-corrected chi connectivity index (χ1v) is 5.43. The number of rotatable bonds is 5. The normalized spacial score (nSPS) is 9.35. The highest BCUT2D eigenvalue weighted by Crippen LogP contribution is 1.81. The first-order chi connectivity index (χ1) is 8.10. The highest BCUT2D eigenvalue weighted by atomic mass is 16.7. The minimum absolute atomic E-state index is 0.149. The zero-order chi connectivity index (χ0) is 13.1. The lowest BCUT2D eigenvalue weighted by Gasteiger charge is -2.05. The Morgan fingerprint density at radius 2 is 2.18 bits per heavy atom. The van der Waals surface area contributed by atoms with Gasteiger partial charge in [0, 0.05) is 20.3 Å². The summed E-state index contributed by atoms with van der Waals surface area (Å²) in [7, 11) is 3.56. The van der Waals surface area contributed by atoms with Gasteiger partial charge in [-0.05, 0) is 13.3 Å². The molecule has 6 nitrogen and oxygen atoms in total. The fraction of sp³-hybridized carbons (Fsp3) is 0.636. The summed E-state index contributed by atoms with van der Waals surface area (Å²) in [6.07, 6.45) is 5.24. The molecule has 98 valence electrons. The van der Waals surface area contributed by atoms with Crippen molar-refractivity contribution in [3.05, 3.63) is 18.7 Å². The Balaban J connectivity index is 0.000000302. The Kier molecular flexibility index (Phi) is 8.77. The number of hydrogen-bond donors (Lipinski definition) is 0. The van der Waals surface area contributed by atoms with Crippen LogP contribution in [-0.4, -0.2) is 31.0 Å². The van der Waals surface area contributed by atoms with Crippen LogP contribution >= 0.6 is 0 Å². The predicted octanol–water partition coefficient (Wildman–Crippen LogP) is -0.285. The van der Waals surface area contributed by atoms with Gasteiger partial charge < -0.3 is 19.4 Å². The molecule has 1 heterocycles. The molecule has 17 heavy (non-hydrogen) atoms. The summed E-state index contributed by atoms with van der Waals surface area (Å²) in [5.74, 6) is 0. The summed E-state index contributed by atoms with van der Waals surface area (Å²) in [6, 6.07) is 0. The SMILES string of the molecule is CCn1cc[n+](C)c1.COCCCOC(=O)[O-]. The van der Waals surface area contributed by atoms with Crippen LogP contribution in [0.15, 0.2) is 18.7 Å². The third kappa shape index (κ3) is 9.37. The van der Waals surface area contributed by atoms with E-state index in [1.54, 1.807) is 7.11 Å². The number of carboxylic acid groups (broad SMARTS) is 1. The molecule has 0 saturated heterocycles. The number of aryl methyl sites for hydroxylation is 2. The summed E-state index contributed by atoms with van der Waals surface area (Å²) < 4.78 is 12.9. The van der Waals surface area contributed by atoms with Crippen molar-refractivity contribution in [2.24, 2.45) is 7.05 Å². The maximum atomic E-state index is 9.59. The van der Waals surface area contributed by atoms with Crippen LogP contribution < -0.4 is 9.67 Å². The molecule has 0 amide bonds. The van der Waals surface area contributed by atoms with Crippen molar-refractivity contribution in [1.29, 1.82) is 0 Å². The van der Waals surface area contributed by atoms with Gasteiger partial charge in [0.2, 0.25) is 6.33 Å². The number of ether oxygens (including phenoxy) is 2. The summed E-state index contributed by atoms with van der Waals surface area (Å²) >= 11 is 0. The van der Waals surface area contributed by atoms with E-state index in [9.17, 15) is 9.90 Å². The van der Waals surface area contributed by atoms with Crippen LogP contribution in [0.25, 0.3) is 0 Å². The highest BCUT2D eigenvalue weighted by Gasteiger charge is 1.92. The van der Waals surface area contributed by atoms with Crippen molar-refractivity contribution in [3.8, 4) is 0 Å². The van der Waals surface area contributed by atoms with E-state index in [2.05, 4.69) is 33.5 Å². The second-order valence-corrected chi connectivity index (χ2v) is 3.35. The van der Waals surface area contributed by atoms with Crippen molar-refractivity contribution in [2.75, 3.05) is 20.3 Å². The number of hydrogen-bond acceptors (Lipinski definition) is 4. The topological polar surface area (TPSA) is 67.4 Å². The minimum Gasteiger partial charge on any atom is -0.550 e. The Hall–Kier alpha value is -1.56. The molecule has 1 aromatic rings. The van der Waals surface area contributed by atoms with Gasteiger partial charge in [-0.2, -0.15) is 0 Å². The quantitative estimate of drug-likeness (QED) is 0.406. The number of imidazole rings is 1. The molecule has 6 heteroatoms. The number of carbonyl (C=O) groups is 1. The van der Waals surface area contributed by atoms with Gasteiger partial charge >= 0.3 is 0 Å². The zero-order valence-corrected chi connectivity index (χ0v) is 10.6. The van der Waals surface area contributed by atoms with E-state index in [1.165, 1.54) is 0 Å². The Morgan fingerprint density at radius 3 is 2.53 bits per heavy atom. The van der Waals surface area contributed by atoms with Crippen LogP contribution in [-0.2, 0) is 23.1 Å². The Bertz CT molecular complexity index is 312. The summed E-state index contributed by atoms with van der Waals surface area (Å²) in [6.45, 7) is 3.84. The van der Waals surface area contributed by atoms with Gasteiger partial charge in [0.25, 0.3) is 6.16 Å². The van der Waals surface area contributed by atoms with Gasteiger partial charge in [-0.25, -0.2) is 9.13 Å². The van der Waals surface area contributed by atoms with Crippen LogP contribution in [0.1, 0.15) is 13.3 Å². The van der Waals surface area contributed by atoms with Crippen molar-refractivity contribution < 1.29 is 23.9 Å². The summed E-state index contributed by atoms with van der Waals surface area (Å²) in [5.41, 5.74) is 0. The molecular weight excluding hydrogens is 224 g/mol. The van der Waals surface area contributed by atoms with Crippen molar-refractivity contribution in [2.45, 2.75) is 19.9 Å². The first kappa shape index (κ1) is 15.4. The molecule has 0 aliphatic carbocycles. The van der Waals surface area contributed by atoms with Crippen molar-refractivity contribution in [1.82, 2.24) is 4.57 Å². The average molecular weight is 244 g/mol. The molecule has 0 bridgehead atoms. The molecule has 0 radical (unpaired) electrons. The van der Waals surface area contributed by atoms with Crippen LogP contribution in [0.4, 0.5) is 4.79 Å². The van der Waals surface area contributed by atoms with E-state index in [0.29, 0.717) is 13.0 Å². The molecule has 0 spiro atoms.